The van der Waals surface area contributed by atoms with Crippen molar-refractivity contribution in [3.05, 3.63) is 71.9 Å². The Morgan fingerprint density at radius 1 is 1.08 bits per heavy atom. The number of fused-ring (bicyclic) bond motifs is 1. The highest BCUT2D eigenvalue weighted by atomic mass is 19.1. The SMILES string of the molecule is CN(C)[C@H](CNC(=O)Cn1ccc2ccc(F)cc21)c1ccc(F)cc1. The summed E-state index contributed by atoms with van der Waals surface area (Å²) in [5.74, 6) is -0.787. The zero-order valence-electron chi connectivity index (χ0n) is 14.7. The van der Waals surface area contributed by atoms with Gasteiger partial charge in [-0.2, -0.15) is 0 Å². The van der Waals surface area contributed by atoms with Crippen LogP contribution in [0.5, 0.6) is 0 Å². The van der Waals surface area contributed by atoms with Gasteiger partial charge in [0.25, 0.3) is 0 Å². The van der Waals surface area contributed by atoms with Gasteiger partial charge in [0.1, 0.15) is 18.2 Å². The highest BCUT2D eigenvalue weighted by Gasteiger charge is 2.16. The number of carbonyl (C=O) groups is 1. The Kier molecular flexibility index (Phi) is 5.32. The number of amides is 1. The number of carbonyl (C=O) groups excluding carboxylic acids is 1. The minimum absolute atomic E-state index is 0.0709. The summed E-state index contributed by atoms with van der Waals surface area (Å²) >= 11 is 0. The second kappa shape index (κ2) is 7.66. The van der Waals surface area contributed by atoms with Gasteiger partial charge in [-0.25, -0.2) is 8.78 Å². The first-order valence-electron chi connectivity index (χ1n) is 8.37. The van der Waals surface area contributed by atoms with Crippen LogP contribution in [-0.4, -0.2) is 36.0 Å². The Morgan fingerprint density at radius 3 is 2.46 bits per heavy atom. The third kappa shape index (κ3) is 4.08. The summed E-state index contributed by atoms with van der Waals surface area (Å²) in [7, 11) is 3.81. The second-order valence-electron chi connectivity index (χ2n) is 6.48. The van der Waals surface area contributed by atoms with E-state index in [0.717, 1.165) is 10.9 Å². The maximum atomic E-state index is 13.4. The van der Waals surface area contributed by atoms with E-state index in [2.05, 4.69) is 5.32 Å². The number of rotatable bonds is 6. The van der Waals surface area contributed by atoms with Gasteiger partial charge < -0.3 is 14.8 Å². The maximum Gasteiger partial charge on any atom is 0.240 e. The smallest absolute Gasteiger partial charge is 0.240 e. The first-order valence-corrected chi connectivity index (χ1v) is 8.37. The number of aromatic nitrogens is 1. The predicted octanol–water partition coefficient (Wildman–Crippen LogP) is 3.34. The molecule has 0 unspecified atom stereocenters. The van der Waals surface area contributed by atoms with E-state index in [4.69, 9.17) is 0 Å². The normalized spacial score (nSPS) is 12.5. The van der Waals surface area contributed by atoms with Crippen LogP contribution in [0, 0.1) is 11.6 Å². The van der Waals surface area contributed by atoms with Crippen LogP contribution in [-0.2, 0) is 11.3 Å². The average molecular weight is 357 g/mol. The van der Waals surface area contributed by atoms with Gasteiger partial charge in [-0.15, -0.1) is 0 Å². The molecule has 0 aliphatic rings. The third-order valence-electron chi connectivity index (χ3n) is 4.42. The number of hydrogen-bond acceptors (Lipinski definition) is 2. The monoisotopic (exact) mass is 357 g/mol. The average Bonchev–Trinajstić information content (AvgIpc) is 2.98. The molecule has 3 rings (SSSR count). The molecular weight excluding hydrogens is 336 g/mol. The molecule has 0 radical (unpaired) electrons. The summed E-state index contributed by atoms with van der Waals surface area (Å²) in [4.78, 5) is 14.3. The third-order valence-corrected chi connectivity index (χ3v) is 4.42. The summed E-state index contributed by atoms with van der Waals surface area (Å²) in [5.41, 5.74) is 1.60. The molecule has 1 heterocycles. The topological polar surface area (TPSA) is 37.3 Å². The molecule has 1 atom stereocenters. The molecule has 1 N–H and O–H groups in total. The minimum Gasteiger partial charge on any atom is -0.353 e. The van der Waals surface area contributed by atoms with Crippen molar-refractivity contribution >= 4 is 16.8 Å². The van der Waals surface area contributed by atoms with Crippen molar-refractivity contribution in [2.24, 2.45) is 0 Å². The van der Waals surface area contributed by atoms with E-state index in [0.29, 0.717) is 12.1 Å². The lowest BCUT2D eigenvalue weighted by Crippen LogP contribution is -2.36. The summed E-state index contributed by atoms with van der Waals surface area (Å²) in [6, 6.07) is 12.5. The molecule has 4 nitrogen and oxygen atoms in total. The van der Waals surface area contributed by atoms with E-state index < -0.39 is 0 Å². The fraction of sp³-hybridized carbons (Fsp3) is 0.250. The summed E-state index contributed by atoms with van der Waals surface area (Å²) < 4.78 is 28.3. The first-order chi connectivity index (χ1) is 12.4. The number of likely N-dealkylation sites (N-methyl/N-ethyl adjacent to an activating group) is 1. The van der Waals surface area contributed by atoms with E-state index in [1.54, 1.807) is 29.0 Å². The van der Waals surface area contributed by atoms with Crippen LogP contribution in [0.2, 0.25) is 0 Å². The molecule has 0 bridgehead atoms. The maximum absolute atomic E-state index is 13.4. The van der Waals surface area contributed by atoms with Crippen molar-refractivity contribution < 1.29 is 13.6 Å². The van der Waals surface area contributed by atoms with E-state index >= 15 is 0 Å². The van der Waals surface area contributed by atoms with Crippen molar-refractivity contribution in [1.29, 1.82) is 0 Å². The lowest BCUT2D eigenvalue weighted by Gasteiger charge is -2.25. The Balaban J connectivity index is 1.66. The number of nitrogens with one attached hydrogen (secondary N) is 1. The van der Waals surface area contributed by atoms with Gasteiger partial charge in [0.15, 0.2) is 0 Å². The molecule has 0 saturated heterocycles. The van der Waals surface area contributed by atoms with Crippen LogP contribution >= 0.6 is 0 Å². The fourth-order valence-corrected chi connectivity index (χ4v) is 3.00. The highest BCUT2D eigenvalue weighted by Crippen LogP contribution is 2.19. The molecule has 6 heteroatoms. The molecule has 1 amide bonds. The fourth-order valence-electron chi connectivity index (χ4n) is 3.00. The van der Waals surface area contributed by atoms with Crippen LogP contribution in [0.15, 0.2) is 54.7 Å². The van der Waals surface area contributed by atoms with Crippen LogP contribution in [0.4, 0.5) is 8.78 Å². The first kappa shape index (κ1) is 18.1. The Bertz CT molecular complexity index is 903. The summed E-state index contributed by atoms with van der Waals surface area (Å²) in [5, 5.41) is 3.79. The zero-order valence-corrected chi connectivity index (χ0v) is 14.7. The zero-order chi connectivity index (χ0) is 18.7. The molecule has 1 aromatic heterocycles. The van der Waals surface area contributed by atoms with Crippen LogP contribution < -0.4 is 5.32 Å². The van der Waals surface area contributed by atoms with E-state index in [9.17, 15) is 13.6 Å². The highest BCUT2D eigenvalue weighted by molar-refractivity contribution is 5.83. The predicted molar refractivity (Wildman–Crippen MR) is 97.7 cm³/mol. The molecule has 0 spiro atoms. The number of halogens is 2. The Morgan fingerprint density at radius 2 is 1.77 bits per heavy atom. The van der Waals surface area contributed by atoms with Crippen molar-refractivity contribution in [3.8, 4) is 0 Å². The van der Waals surface area contributed by atoms with Crippen molar-refractivity contribution in [2.75, 3.05) is 20.6 Å². The molecule has 0 aliphatic heterocycles. The molecule has 0 saturated carbocycles. The van der Waals surface area contributed by atoms with Gasteiger partial charge in [0, 0.05) is 12.7 Å². The van der Waals surface area contributed by atoms with Crippen molar-refractivity contribution in [2.45, 2.75) is 12.6 Å². The Hall–Kier alpha value is -2.73. The largest absolute Gasteiger partial charge is 0.353 e. The van der Waals surface area contributed by atoms with Crippen LogP contribution in [0.1, 0.15) is 11.6 Å². The van der Waals surface area contributed by atoms with Crippen molar-refractivity contribution in [3.63, 3.8) is 0 Å². The molecule has 2 aromatic carbocycles. The minimum atomic E-state index is -0.332. The molecule has 0 fully saturated rings. The standard InChI is InChI=1S/C20H21F2N3O/c1-24(2)19(14-3-6-16(21)7-4-14)12-23-20(26)13-25-10-9-15-5-8-17(22)11-18(15)25/h3-11,19H,12-13H2,1-2H3,(H,23,26)/t19-/m1/s1. The van der Waals surface area contributed by atoms with Gasteiger partial charge in [0.05, 0.1) is 11.6 Å². The molecule has 136 valence electrons. The van der Waals surface area contributed by atoms with Gasteiger partial charge in [-0.3, -0.25) is 4.79 Å². The van der Waals surface area contributed by atoms with Gasteiger partial charge in [-0.1, -0.05) is 12.1 Å². The molecule has 3 aromatic rings. The number of nitrogens with zero attached hydrogens (tertiary/aromatic N) is 2. The van der Waals surface area contributed by atoms with Gasteiger partial charge in [-0.05, 0) is 61.4 Å². The second-order valence-corrected chi connectivity index (χ2v) is 6.48. The summed E-state index contributed by atoms with van der Waals surface area (Å²) in [6.45, 7) is 0.502. The lowest BCUT2D eigenvalue weighted by atomic mass is 10.1. The quantitative estimate of drug-likeness (QED) is 0.735. The molecule has 26 heavy (non-hydrogen) atoms. The number of hydrogen-bond donors (Lipinski definition) is 1. The van der Waals surface area contributed by atoms with Crippen molar-refractivity contribution in [1.82, 2.24) is 14.8 Å². The van der Waals surface area contributed by atoms with Gasteiger partial charge in [0.2, 0.25) is 5.91 Å². The molecular formula is C20H21F2N3O. The van der Waals surface area contributed by atoms with Gasteiger partial charge >= 0.3 is 0 Å². The van der Waals surface area contributed by atoms with Crippen LogP contribution in [0.25, 0.3) is 10.9 Å². The van der Waals surface area contributed by atoms with E-state index in [-0.39, 0.29) is 30.1 Å². The van der Waals surface area contributed by atoms with E-state index in [1.807, 2.05) is 25.1 Å². The lowest BCUT2D eigenvalue weighted by molar-refractivity contribution is -0.121. The van der Waals surface area contributed by atoms with E-state index in [1.165, 1.54) is 24.3 Å². The number of benzene rings is 2. The Labute approximate surface area is 151 Å². The molecule has 0 aliphatic carbocycles. The van der Waals surface area contributed by atoms with Crippen LogP contribution in [0.3, 0.4) is 0 Å². The summed E-state index contributed by atoms with van der Waals surface area (Å²) in [6.07, 6.45) is 1.77.